The molecule has 0 aliphatic carbocycles. The van der Waals surface area contributed by atoms with E-state index in [-0.39, 0.29) is 0 Å². The normalized spacial score (nSPS) is 16.6. The van der Waals surface area contributed by atoms with Gasteiger partial charge in [0.25, 0.3) is 0 Å². The number of nitrogens with zero attached hydrogens (tertiary/aromatic N) is 1. The van der Waals surface area contributed by atoms with Gasteiger partial charge in [0.05, 0.1) is 18.2 Å². The molecule has 1 aliphatic heterocycles. The highest BCUT2D eigenvalue weighted by molar-refractivity contribution is 7.99. The molecule has 0 atom stereocenters. The first-order chi connectivity index (χ1) is 11.6. The second-order valence-electron chi connectivity index (χ2n) is 6.21. The van der Waals surface area contributed by atoms with E-state index in [1.165, 1.54) is 31.0 Å². The van der Waals surface area contributed by atoms with Gasteiger partial charge >= 0.3 is 0 Å². The third-order valence-electron chi connectivity index (χ3n) is 3.69. The van der Waals surface area contributed by atoms with E-state index in [1.807, 2.05) is 0 Å². The van der Waals surface area contributed by atoms with Crippen LogP contribution in [0.2, 0.25) is 0 Å². The first kappa shape index (κ1) is 20.3. The molecule has 0 saturated carbocycles. The summed E-state index contributed by atoms with van der Waals surface area (Å²) in [4.78, 5) is 3.11. The Labute approximate surface area is 154 Å². The molecule has 2 rings (SSSR count). The Morgan fingerprint density at radius 1 is 1.00 bits per heavy atom. The van der Waals surface area contributed by atoms with E-state index in [4.69, 9.17) is 0 Å². The van der Waals surface area contributed by atoms with Gasteiger partial charge in [-0.2, -0.15) is 0 Å². The van der Waals surface area contributed by atoms with Gasteiger partial charge in [-0.1, -0.05) is 6.42 Å². The first-order valence-electron chi connectivity index (χ1n) is 8.07. The number of piperidine rings is 1. The van der Waals surface area contributed by atoms with Gasteiger partial charge in [0.2, 0.25) is 20.0 Å². The zero-order chi connectivity index (χ0) is 18.5. The van der Waals surface area contributed by atoms with Gasteiger partial charge in [0.15, 0.2) is 0 Å². The maximum atomic E-state index is 11.5. The van der Waals surface area contributed by atoms with E-state index in [9.17, 15) is 16.8 Å². The Hall–Kier alpha value is -0.970. The van der Waals surface area contributed by atoms with E-state index in [1.54, 1.807) is 18.2 Å². The summed E-state index contributed by atoms with van der Waals surface area (Å²) in [5.74, 6) is 0.806. The number of hydrogen-bond donors (Lipinski definition) is 2. The van der Waals surface area contributed by atoms with E-state index >= 15 is 0 Å². The zero-order valence-electron chi connectivity index (χ0n) is 14.5. The number of hydrogen-bond acceptors (Lipinski definition) is 6. The summed E-state index contributed by atoms with van der Waals surface area (Å²) in [6.07, 6.45) is 5.90. The molecule has 0 amide bonds. The summed E-state index contributed by atoms with van der Waals surface area (Å²) < 4.78 is 50.8. The van der Waals surface area contributed by atoms with Gasteiger partial charge in [0, 0.05) is 22.9 Å². The predicted molar refractivity (Wildman–Crippen MR) is 104 cm³/mol. The zero-order valence-corrected chi connectivity index (χ0v) is 16.9. The van der Waals surface area contributed by atoms with Gasteiger partial charge in [0.1, 0.15) is 0 Å². The molecule has 7 nitrogen and oxygen atoms in total. The van der Waals surface area contributed by atoms with E-state index in [0.29, 0.717) is 16.3 Å². The minimum atomic E-state index is -3.41. The van der Waals surface area contributed by atoms with Crippen molar-refractivity contribution in [2.75, 3.05) is 47.3 Å². The molecule has 0 unspecified atom stereocenters. The van der Waals surface area contributed by atoms with E-state index < -0.39 is 20.0 Å². The molecule has 0 spiro atoms. The van der Waals surface area contributed by atoms with Gasteiger partial charge in [-0.05, 0) is 44.1 Å². The fraction of sp³-hybridized carbons (Fsp3) is 0.600. The molecule has 10 heteroatoms. The van der Waals surface area contributed by atoms with Crippen molar-refractivity contribution in [3.8, 4) is 0 Å². The second-order valence-corrected chi connectivity index (χ2v) is 10.8. The first-order valence-corrected chi connectivity index (χ1v) is 12.8. The lowest BCUT2D eigenvalue weighted by Gasteiger charge is -2.26. The SMILES string of the molecule is CS(=O)(=O)Nc1ccc(NS(C)(=O)=O)c(SCCN2CCCCC2)c1. The highest BCUT2D eigenvalue weighted by atomic mass is 32.2. The molecular weight excluding hydrogens is 382 g/mol. The molecule has 1 aromatic rings. The number of likely N-dealkylation sites (tertiary alicyclic amines) is 1. The molecule has 1 saturated heterocycles. The van der Waals surface area contributed by atoms with Crippen LogP contribution in [0.5, 0.6) is 0 Å². The van der Waals surface area contributed by atoms with Crippen LogP contribution >= 0.6 is 11.8 Å². The van der Waals surface area contributed by atoms with Crippen molar-refractivity contribution in [2.24, 2.45) is 0 Å². The lowest BCUT2D eigenvalue weighted by molar-refractivity contribution is 0.242. The topological polar surface area (TPSA) is 95.6 Å². The van der Waals surface area contributed by atoms with Crippen LogP contribution < -0.4 is 9.44 Å². The Bertz CT molecular complexity index is 788. The van der Waals surface area contributed by atoms with Crippen LogP contribution in [0.3, 0.4) is 0 Å². The molecule has 0 bridgehead atoms. The van der Waals surface area contributed by atoms with Crippen molar-refractivity contribution in [1.29, 1.82) is 0 Å². The number of nitrogens with one attached hydrogen (secondary N) is 2. The number of rotatable bonds is 8. The number of benzene rings is 1. The Balaban J connectivity index is 2.10. The highest BCUT2D eigenvalue weighted by Gasteiger charge is 2.13. The molecule has 2 N–H and O–H groups in total. The summed E-state index contributed by atoms with van der Waals surface area (Å²) in [5, 5.41) is 0. The van der Waals surface area contributed by atoms with Crippen molar-refractivity contribution >= 4 is 43.2 Å². The van der Waals surface area contributed by atoms with Gasteiger partial charge in [-0.25, -0.2) is 16.8 Å². The Kier molecular flexibility index (Phi) is 7.01. The van der Waals surface area contributed by atoms with Crippen molar-refractivity contribution in [1.82, 2.24) is 4.90 Å². The van der Waals surface area contributed by atoms with Crippen molar-refractivity contribution in [3.63, 3.8) is 0 Å². The number of thioether (sulfide) groups is 1. The van der Waals surface area contributed by atoms with Crippen LogP contribution in [-0.4, -0.2) is 59.6 Å². The molecule has 142 valence electrons. The van der Waals surface area contributed by atoms with E-state index in [0.717, 1.165) is 37.9 Å². The fourth-order valence-corrected chi connectivity index (χ4v) is 4.92. The van der Waals surface area contributed by atoms with Crippen LogP contribution in [0.4, 0.5) is 11.4 Å². The smallest absolute Gasteiger partial charge is 0.229 e. The van der Waals surface area contributed by atoms with Crippen LogP contribution in [0.1, 0.15) is 19.3 Å². The van der Waals surface area contributed by atoms with Gasteiger partial charge in [-0.3, -0.25) is 9.44 Å². The number of anilines is 2. The lowest BCUT2D eigenvalue weighted by atomic mass is 10.1. The molecule has 1 aliphatic rings. The maximum absolute atomic E-state index is 11.5. The maximum Gasteiger partial charge on any atom is 0.229 e. The summed E-state index contributed by atoms with van der Waals surface area (Å²) >= 11 is 1.52. The molecule has 1 aromatic carbocycles. The molecule has 0 radical (unpaired) electrons. The highest BCUT2D eigenvalue weighted by Crippen LogP contribution is 2.31. The molecular formula is C15H25N3O4S3. The summed E-state index contributed by atoms with van der Waals surface area (Å²) in [6.45, 7) is 3.13. The minimum Gasteiger partial charge on any atom is -0.303 e. The largest absolute Gasteiger partial charge is 0.303 e. The monoisotopic (exact) mass is 407 g/mol. The molecule has 1 heterocycles. The predicted octanol–water partition coefficient (Wildman–Crippen LogP) is 2.01. The average Bonchev–Trinajstić information content (AvgIpc) is 2.48. The standard InChI is InChI=1S/C15H25N3O4S3/c1-24(19,20)16-13-6-7-14(17-25(2,21)22)15(12-13)23-11-10-18-8-4-3-5-9-18/h6-7,12,16-17H,3-5,8-11H2,1-2H3. The average molecular weight is 408 g/mol. The summed E-state index contributed by atoms with van der Waals surface area (Å²) in [5.41, 5.74) is 0.882. The molecule has 1 fully saturated rings. The fourth-order valence-electron chi connectivity index (χ4n) is 2.67. The minimum absolute atomic E-state index is 0.419. The number of sulfonamides is 2. The lowest BCUT2D eigenvalue weighted by Crippen LogP contribution is -2.31. The third kappa shape index (κ3) is 7.85. The van der Waals surface area contributed by atoms with Crippen LogP contribution in [0.15, 0.2) is 23.1 Å². The summed E-state index contributed by atoms with van der Waals surface area (Å²) in [6, 6.07) is 4.79. The van der Waals surface area contributed by atoms with Gasteiger partial charge < -0.3 is 4.90 Å². The third-order valence-corrected chi connectivity index (χ3v) is 5.93. The van der Waals surface area contributed by atoms with Crippen molar-refractivity contribution in [3.05, 3.63) is 18.2 Å². The van der Waals surface area contributed by atoms with Crippen molar-refractivity contribution in [2.45, 2.75) is 24.2 Å². The van der Waals surface area contributed by atoms with Crippen LogP contribution in [-0.2, 0) is 20.0 Å². The van der Waals surface area contributed by atoms with Crippen LogP contribution in [0, 0.1) is 0 Å². The Morgan fingerprint density at radius 3 is 2.24 bits per heavy atom. The molecule has 0 aromatic heterocycles. The quantitative estimate of drug-likeness (QED) is 0.640. The van der Waals surface area contributed by atoms with E-state index in [2.05, 4.69) is 14.3 Å². The Morgan fingerprint density at radius 2 is 1.64 bits per heavy atom. The van der Waals surface area contributed by atoms with Gasteiger partial charge in [-0.15, -0.1) is 11.8 Å². The van der Waals surface area contributed by atoms with Crippen LogP contribution in [0.25, 0.3) is 0 Å². The second kappa shape index (κ2) is 8.61. The molecule has 25 heavy (non-hydrogen) atoms. The van der Waals surface area contributed by atoms with Crippen molar-refractivity contribution < 1.29 is 16.8 Å². The summed E-state index contributed by atoms with van der Waals surface area (Å²) in [7, 11) is -6.79.